The van der Waals surface area contributed by atoms with Crippen molar-refractivity contribution in [1.82, 2.24) is 4.90 Å². The first-order valence-corrected chi connectivity index (χ1v) is 7.79. The summed E-state index contributed by atoms with van der Waals surface area (Å²) in [5.74, 6) is -0.699. The Morgan fingerprint density at radius 2 is 2.26 bits per heavy atom. The number of halogens is 1. The lowest BCUT2D eigenvalue weighted by Crippen LogP contribution is -2.46. The van der Waals surface area contributed by atoms with Crippen molar-refractivity contribution in [2.45, 2.75) is 6.42 Å². The average Bonchev–Trinajstić information content (AvgIpc) is 2.95. The van der Waals surface area contributed by atoms with E-state index >= 15 is 0 Å². The molecule has 1 aromatic carbocycles. The van der Waals surface area contributed by atoms with Gasteiger partial charge in [-0.1, -0.05) is 11.6 Å². The maximum absolute atomic E-state index is 12.7. The third-order valence-electron chi connectivity index (χ3n) is 4.78. The second kappa shape index (κ2) is 6.02. The Morgan fingerprint density at radius 3 is 2.87 bits per heavy atom. The van der Waals surface area contributed by atoms with Crippen LogP contribution in [-0.4, -0.2) is 55.3 Å². The van der Waals surface area contributed by atoms with E-state index in [1.165, 1.54) is 7.11 Å². The molecule has 7 heteroatoms. The van der Waals surface area contributed by atoms with Crippen LogP contribution in [0, 0.1) is 11.3 Å². The molecule has 2 atom stereocenters. The van der Waals surface area contributed by atoms with Crippen molar-refractivity contribution < 1.29 is 24.2 Å². The van der Waals surface area contributed by atoms with Gasteiger partial charge in [0.2, 0.25) is 0 Å². The van der Waals surface area contributed by atoms with Gasteiger partial charge in [0.15, 0.2) is 0 Å². The highest BCUT2D eigenvalue weighted by atomic mass is 35.5. The lowest BCUT2D eigenvalue weighted by Gasteiger charge is -2.33. The molecule has 6 nitrogen and oxygen atoms in total. The average molecular weight is 340 g/mol. The van der Waals surface area contributed by atoms with Gasteiger partial charge in [-0.3, -0.25) is 9.59 Å². The number of ether oxygens (including phenoxy) is 2. The van der Waals surface area contributed by atoms with Crippen LogP contribution in [0.1, 0.15) is 16.8 Å². The van der Waals surface area contributed by atoms with Gasteiger partial charge in [-0.15, -0.1) is 0 Å². The summed E-state index contributed by atoms with van der Waals surface area (Å²) in [6.07, 6.45) is 0.652. The summed E-state index contributed by atoms with van der Waals surface area (Å²) in [6.45, 7) is 1.28. The number of hydrogen-bond donors (Lipinski definition) is 1. The van der Waals surface area contributed by atoms with Crippen molar-refractivity contribution in [3.63, 3.8) is 0 Å². The standard InChI is InChI=1S/C16H18ClNO5/c1-22-13-3-2-10(6-12(13)17)14(19)18-7-11-4-5-23-9-16(11,8-18)15(20)21/h2-3,6,11H,4-5,7-9H2,1H3,(H,20,21)/t11-,16+/m0/s1. The molecule has 0 aliphatic carbocycles. The van der Waals surface area contributed by atoms with Gasteiger partial charge >= 0.3 is 5.97 Å². The number of aliphatic carboxylic acids is 1. The summed E-state index contributed by atoms with van der Waals surface area (Å²) in [5.41, 5.74) is -0.569. The van der Waals surface area contributed by atoms with Crippen molar-refractivity contribution in [3.05, 3.63) is 28.8 Å². The van der Waals surface area contributed by atoms with Crippen LogP contribution in [-0.2, 0) is 9.53 Å². The molecule has 2 aliphatic rings. The van der Waals surface area contributed by atoms with Crippen molar-refractivity contribution in [3.8, 4) is 5.75 Å². The fourth-order valence-electron chi connectivity index (χ4n) is 3.43. The smallest absolute Gasteiger partial charge is 0.314 e. The van der Waals surface area contributed by atoms with Gasteiger partial charge in [-0.2, -0.15) is 0 Å². The zero-order valence-corrected chi connectivity index (χ0v) is 13.5. The molecule has 2 heterocycles. The van der Waals surface area contributed by atoms with Gasteiger partial charge in [-0.25, -0.2) is 0 Å². The molecule has 1 N–H and O–H groups in total. The Balaban J connectivity index is 1.84. The van der Waals surface area contributed by atoms with Gasteiger partial charge in [0.1, 0.15) is 11.2 Å². The normalized spacial score (nSPS) is 26.7. The number of carbonyl (C=O) groups excluding carboxylic acids is 1. The van der Waals surface area contributed by atoms with E-state index in [2.05, 4.69) is 0 Å². The van der Waals surface area contributed by atoms with Crippen LogP contribution >= 0.6 is 11.6 Å². The molecule has 1 amide bonds. The quantitative estimate of drug-likeness (QED) is 0.910. The molecule has 0 unspecified atom stereocenters. The Labute approximate surface area is 138 Å². The van der Waals surface area contributed by atoms with Gasteiger partial charge in [0.25, 0.3) is 5.91 Å². The third kappa shape index (κ3) is 2.66. The van der Waals surface area contributed by atoms with Crippen LogP contribution in [0.5, 0.6) is 5.75 Å². The van der Waals surface area contributed by atoms with E-state index in [4.69, 9.17) is 21.1 Å². The van der Waals surface area contributed by atoms with E-state index in [0.29, 0.717) is 35.9 Å². The minimum absolute atomic E-state index is 0.0774. The molecule has 2 saturated heterocycles. The SMILES string of the molecule is COc1ccc(C(=O)N2C[C@@H]3CCOC[C@]3(C(=O)O)C2)cc1Cl. The van der Waals surface area contributed by atoms with Gasteiger partial charge in [0, 0.05) is 25.3 Å². The Bertz CT molecular complexity index is 649. The summed E-state index contributed by atoms with van der Waals surface area (Å²) in [5, 5.41) is 9.98. The molecule has 0 saturated carbocycles. The number of hydrogen-bond acceptors (Lipinski definition) is 4. The zero-order chi connectivity index (χ0) is 16.6. The molecule has 0 bridgehead atoms. The first-order chi connectivity index (χ1) is 11.0. The number of amides is 1. The number of benzene rings is 1. The molecule has 0 radical (unpaired) electrons. The molecule has 0 spiro atoms. The molecule has 2 aliphatic heterocycles. The topological polar surface area (TPSA) is 76.1 Å². The van der Waals surface area contributed by atoms with E-state index < -0.39 is 11.4 Å². The van der Waals surface area contributed by atoms with Gasteiger partial charge in [0.05, 0.1) is 18.7 Å². The molecule has 1 aromatic rings. The molecular weight excluding hydrogens is 322 g/mol. The fourth-order valence-corrected chi connectivity index (χ4v) is 3.68. The summed E-state index contributed by atoms with van der Waals surface area (Å²) >= 11 is 6.07. The molecule has 2 fully saturated rings. The van der Waals surface area contributed by atoms with E-state index in [9.17, 15) is 14.7 Å². The van der Waals surface area contributed by atoms with Crippen LogP contribution in [0.3, 0.4) is 0 Å². The van der Waals surface area contributed by atoms with Gasteiger partial charge < -0.3 is 19.5 Å². The fraction of sp³-hybridized carbons (Fsp3) is 0.500. The highest BCUT2D eigenvalue weighted by molar-refractivity contribution is 6.32. The minimum atomic E-state index is -0.996. The van der Waals surface area contributed by atoms with Crippen molar-refractivity contribution in [2.75, 3.05) is 33.4 Å². The van der Waals surface area contributed by atoms with Crippen molar-refractivity contribution in [2.24, 2.45) is 11.3 Å². The van der Waals surface area contributed by atoms with Crippen LogP contribution in [0.15, 0.2) is 18.2 Å². The number of carbonyl (C=O) groups is 2. The molecule has 3 rings (SSSR count). The molecular formula is C16H18ClNO5. The van der Waals surface area contributed by atoms with Crippen molar-refractivity contribution in [1.29, 1.82) is 0 Å². The second-order valence-electron chi connectivity index (χ2n) is 6.03. The molecule has 124 valence electrons. The number of nitrogens with zero attached hydrogens (tertiary/aromatic N) is 1. The van der Waals surface area contributed by atoms with E-state index in [0.717, 1.165) is 0 Å². The highest BCUT2D eigenvalue weighted by Gasteiger charge is 2.55. The number of rotatable bonds is 3. The lowest BCUT2D eigenvalue weighted by molar-refractivity contribution is -0.159. The number of methoxy groups -OCH3 is 1. The maximum atomic E-state index is 12.7. The maximum Gasteiger partial charge on any atom is 0.314 e. The van der Waals surface area contributed by atoms with E-state index in [-0.39, 0.29) is 25.0 Å². The van der Waals surface area contributed by atoms with E-state index in [1.807, 2.05) is 0 Å². The predicted octanol–water partition coefficient (Wildman–Crippen LogP) is 1.91. The minimum Gasteiger partial charge on any atom is -0.495 e. The Hall–Kier alpha value is -1.79. The molecule has 0 aromatic heterocycles. The van der Waals surface area contributed by atoms with Crippen LogP contribution < -0.4 is 4.74 Å². The third-order valence-corrected chi connectivity index (χ3v) is 5.07. The summed E-state index contributed by atoms with van der Waals surface area (Å²) in [4.78, 5) is 26.0. The summed E-state index contributed by atoms with van der Waals surface area (Å²) in [6, 6.07) is 4.82. The number of fused-ring (bicyclic) bond motifs is 1. The first kappa shape index (κ1) is 16.1. The van der Waals surface area contributed by atoms with Crippen LogP contribution in [0.25, 0.3) is 0 Å². The summed E-state index contributed by atoms with van der Waals surface area (Å²) in [7, 11) is 1.50. The highest BCUT2D eigenvalue weighted by Crippen LogP contribution is 2.42. The second-order valence-corrected chi connectivity index (χ2v) is 6.44. The van der Waals surface area contributed by atoms with E-state index in [1.54, 1.807) is 23.1 Å². The van der Waals surface area contributed by atoms with Crippen LogP contribution in [0.4, 0.5) is 0 Å². The largest absolute Gasteiger partial charge is 0.495 e. The summed E-state index contributed by atoms with van der Waals surface area (Å²) < 4.78 is 10.5. The Kier molecular flexibility index (Phi) is 4.21. The lowest BCUT2D eigenvalue weighted by atomic mass is 9.76. The predicted molar refractivity (Wildman–Crippen MR) is 82.9 cm³/mol. The zero-order valence-electron chi connectivity index (χ0n) is 12.8. The van der Waals surface area contributed by atoms with Gasteiger partial charge in [-0.05, 0) is 30.5 Å². The Morgan fingerprint density at radius 1 is 1.48 bits per heavy atom. The monoisotopic (exact) mass is 339 g/mol. The molecule has 23 heavy (non-hydrogen) atoms. The number of carboxylic acids is 1. The first-order valence-electron chi connectivity index (χ1n) is 7.42. The van der Waals surface area contributed by atoms with Crippen LogP contribution in [0.2, 0.25) is 5.02 Å². The number of carboxylic acid groups (broad SMARTS) is 1. The number of likely N-dealkylation sites (tertiary alicyclic amines) is 1. The van der Waals surface area contributed by atoms with Crippen molar-refractivity contribution >= 4 is 23.5 Å².